The number of hydrogen-bond donors (Lipinski definition) is 5. The molecule has 107 heavy (non-hydrogen) atoms. The standard InChI is InChI=1S/C25H35N9O.C14H22ClN7.C11H14N2O.C11H15NO.C9H19ClN2.C5H4ClN5/c1-2-30-11-13-31(14-12-30)9-6-10-34-19-27-21-22(28-25(26)29-23(21)34)32-15-17-33(18-16-32)24(35)20-7-4-3-5-8-20;1-2-20-6-8-21(9-7-20)4-3-5-22-10-17-11-12(15)18-14(16)19-13(11)22;14-11(10-4-2-1-3-5-10)13-8-6-12-7-9-13;1-3-12(4-2)11-7-5-10(9-13)6-8-11;1-2-11-6-8-12(9-7-11)5-3-4-10;6-3-2-4(9-1-8-2)11-5(7)10-3/h3-5,7-8,19H,2,6,9-18H2,1H3,(H2,26,28,29);10H,2-9H2,1H3,(H2,16,18,19);1-5,12H,6-9H2;5-9H,3-4H2,1-2H3;2-9H2,1H3;1H,(H3,7,8,9,10,11). The fourth-order valence-electron chi connectivity index (χ4n) is 13.3. The molecule has 9 aromatic rings. The first-order valence-electron chi connectivity index (χ1n) is 37.7. The van der Waals surface area contributed by atoms with E-state index in [2.05, 4.69) is 134 Å². The van der Waals surface area contributed by atoms with Crippen molar-refractivity contribution >= 4 is 116 Å². The molecule has 0 saturated carbocycles. The number of piperazine rings is 5. The van der Waals surface area contributed by atoms with Gasteiger partial charge in [-0.25, -0.2) is 15.0 Å². The number of rotatable bonds is 21. The van der Waals surface area contributed by atoms with Gasteiger partial charge in [0.25, 0.3) is 11.8 Å². The molecule has 5 aliphatic rings. The maximum Gasteiger partial charge on any atom is 0.253 e. The molecule has 5 aliphatic heterocycles. The Morgan fingerprint density at radius 1 is 0.486 bits per heavy atom. The quantitative estimate of drug-likeness (QED) is 0.0266. The Hall–Kier alpha value is -8.49. The smallest absolute Gasteiger partial charge is 0.253 e. The van der Waals surface area contributed by atoms with Gasteiger partial charge in [-0.2, -0.15) is 29.9 Å². The highest BCUT2D eigenvalue weighted by Crippen LogP contribution is 2.26. The van der Waals surface area contributed by atoms with Crippen LogP contribution in [-0.2, 0) is 13.1 Å². The van der Waals surface area contributed by atoms with Gasteiger partial charge in [-0.15, -0.1) is 11.6 Å². The van der Waals surface area contributed by atoms with Crippen molar-refractivity contribution in [2.75, 3.05) is 216 Å². The SMILES string of the molecule is CCN(CC)c1ccc(C=O)cc1.CCN1CCN(CCCCl)CC1.CCN1CCN(CCCn2cnc3c(Cl)nc(N)nc32)CC1.CCN1CCN(CCCn2cnc3c(N4CCN(C(=O)c5ccccc5)CC4)nc(N)nc32)CC1.Nc1nc(Cl)c2[nH]cnc2n1.O=C(c1ccccc1)N1CCNCC1. The molecule has 32 heteroatoms. The number of nitrogen functional groups attached to an aromatic ring is 3. The zero-order valence-corrected chi connectivity index (χ0v) is 65.2. The van der Waals surface area contributed by atoms with E-state index in [0.29, 0.717) is 58.8 Å². The molecular formula is C75H109Cl3N26O3. The fraction of sp³-hybridized carbons (Fsp3) is 0.520. The van der Waals surface area contributed by atoms with E-state index in [-0.39, 0.29) is 29.7 Å². The summed E-state index contributed by atoms with van der Waals surface area (Å²) in [5.41, 5.74) is 24.5. The van der Waals surface area contributed by atoms with Gasteiger partial charge in [0, 0.05) is 185 Å². The Morgan fingerprint density at radius 3 is 1.40 bits per heavy atom. The molecule has 3 aromatic carbocycles. The highest BCUT2D eigenvalue weighted by molar-refractivity contribution is 6.34. The summed E-state index contributed by atoms with van der Waals surface area (Å²) < 4.78 is 4.09. The molecule has 11 heterocycles. The highest BCUT2D eigenvalue weighted by Gasteiger charge is 2.27. The zero-order valence-electron chi connectivity index (χ0n) is 62.9. The van der Waals surface area contributed by atoms with Crippen molar-refractivity contribution < 1.29 is 14.4 Å². The summed E-state index contributed by atoms with van der Waals surface area (Å²) >= 11 is 17.4. The predicted molar refractivity (Wildman–Crippen MR) is 431 cm³/mol. The molecule has 0 spiro atoms. The number of halogens is 3. The van der Waals surface area contributed by atoms with Crippen LogP contribution in [-0.4, -0.2) is 305 Å². The summed E-state index contributed by atoms with van der Waals surface area (Å²) in [6, 6.07) is 26.6. The van der Waals surface area contributed by atoms with E-state index in [1.165, 1.54) is 64.4 Å². The molecule has 29 nitrogen and oxygen atoms in total. The Balaban J connectivity index is 0.000000158. The Labute approximate surface area is 644 Å². The molecule has 0 radical (unpaired) electrons. The monoisotopic (exact) mass is 1530 g/mol. The van der Waals surface area contributed by atoms with E-state index < -0.39 is 0 Å². The summed E-state index contributed by atoms with van der Waals surface area (Å²) in [5.74, 6) is 2.35. The number of aromatic amines is 1. The third-order valence-corrected chi connectivity index (χ3v) is 20.5. The maximum absolute atomic E-state index is 12.8. The van der Waals surface area contributed by atoms with E-state index >= 15 is 0 Å². The number of amides is 2. The average Bonchev–Trinajstić information content (AvgIpc) is 1.68. The molecule has 0 aliphatic carbocycles. The lowest BCUT2D eigenvalue weighted by atomic mass is 10.2. The Morgan fingerprint density at radius 2 is 0.925 bits per heavy atom. The molecule has 5 fully saturated rings. The van der Waals surface area contributed by atoms with Crippen molar-refractivity contribution in [1.82, 2.24) is 103 Å². The second-order valence-electron chi connectivity index (χ2n) is 26.5. The molecule has 6 aromatic heterocycles. The number of carbonyl (C=O) groups is 3. The fourth-order valence-corrected chi connectivity index (χ4v) is 13.9. The first kappa shape index (κ1) is 82.6. The minimum absolute atomic E-state index is 0.0676. The summed E-state index contributed by atoms with van der Waals surface area (Å²) in [5, 5.41) is 3.84. The number of carbonyl (C=O) groups excluding carboxylic acids is 3. The lowest BCUT2D eigenvalue weighted by molar-refractivity contribution is 0.0732. The van der Waals surface area contributed by atoms with Gasteiger partial charge in [0.2, 0.25) is 17.8 Å². The van der Waals surface area contributed by atoms with Gasteiger partial charge in [-0.3, -0.25) is 14.4 Å². The summed E-state index contributed by atoms with van der Waals surface area (Å²) in [4.78, 5) is 98.8. The van der Waals surface area contributed by atoms with Crippen molar-refractivity contribution in [3.8, 4) is 0 Å². The predicted octanol–water partition coefficient (Wildman–Crippen LogP) is 7.41. The van der Waals surface area contributed by atoms with E-state index in [4.69, 9.17) is 52.0 Å². The Kier molecular flexibility index (Phi) is 33.6. The van der Waals surface area contributed by atoms with E-state index in [1.54, 1.807) is 6.33 Å². The lowest BCUT2D eigenvalue weighted by Crippen LogP contribution is -2.49. The van der Waals surface area contributed by atoms with Gasteiger partial charge in [0.1, 0.15) is 17.3 Å². The number of H-pyrrole nitrogens is 1. The number of aryl methyl sites for hydroxylation is 2. The normalized spacial score (nSPS) is 16.3. The number of nitrogens with one attached hydrogen (secondary N) is 2. The number of imidazole rings is 3. The Bertz CT molecular complexity index is 4090. The zero-order chi connectivity index (χ0) is 75.9. The minimum atomic E-state index is 0.0676. The lowest BCUT2D eigenvalue weighted by Gasteiger charge is -2.35. The third-order valence-electron chi connectivity index (χ3n) is 19.7. The van der Waals surface area contributed by atoms with E-state index in [0.717, 1.165) is 183 Å². The van der Waals surface area contributed by atoms with Gasteiger partial charge in [-0.1, -0.05) is 80.4 Å². The summed E-state index contributed by atoms with van der Waals surface area (Å²) in [6.45, 7) is 41.6. The molecule has 8 N–H and O–H groups in total. The van der Waals surface area contributed by atoms with Crippen molar-refractivity contribution in [3.63, 3.8) is 0 Å². The van der Waals surface area contributed by atoms with Crippen molar-refractivity contribution in [1.29, 1.82) is 0 Å². The molecule has 14 rings (SSSR count). The van der Waals surface area contributed by atoms with Gasteiger partial charge < -0.3 is 85.6 Å². The van der Waals surface area contributed by atoms with Gasteiger partial charge in [0.15, 0.2) is 38.6 Å². The number of anilines is 5. The van der Waals surface area contributed by atoms with Crippen LogP contribution in [0.5, 0.6) is 0 Å². The number of nitrogens with two attached hydrogens (primary N) is 3. The van der Waals surface area contributed by atoms with Crippen LogP contribution in [0.1, 0.15) is 85.0 Å². The van der Waals surface area contributed by atoms with Crippen LogP contribution in [0.3, 0.4) is 0 Å². The molecular weight excluding hydrogens is 1420 g/mol. The van der Waals surface area contributed by atoms with Crippen LogP contribution in [0.4, 0.5) is 29.4 Å². The second-order valence-corrected chi connectivity index (χ2v) is 27.6. The largest absolute Gasteiger partial charge is 0.372 e. The molecule has 0 unspecified atom stereocenters. The first-order valence-corrected chi connectivity index (χ1v) is 39.0. The number of likely N-dealkylation sites (N-methyl/N-ethyl adjacent to an activating group) is 3. The number of aldehydes is 1. The van der Waals surface area contributed by atoms with Crippen LogP contribution in [0.2, 0.25) is 10.3 Å². The number of aromatic nitrogens is 12. The number of alkyl halides is 1. The van der Waals surface area contributed by atoms with Gasteiger partial charge >= 0.3 is 0 Å². The van der Waals surface area contributed by atoms with Crippen LogP contribution in [0.25, 0.3) is 33.5 Å². The summed E-state index contributed by atoms with van der Waals surface area (Å²) in [7, 11) is 0. The van der Waals surface area contributed by atoms with Crippen LogP contribution in [0, 0.1) is 0 Å². The average molecular weight is 1530 g/mol. The minimum Gasteiger partial charge on any atom is -0.372 e. The maximum atomic E-state index is 12.8. The van der Waals surface area contributed by atoms with E-state index in [9.17, 15) is 14.4 Å². The first-order chi connectivity index (χ1) is 52.1. The van der Waals surface area contributed by atoms with Crippen LogP contribution < -0.4 is 32.3 Å². The molecule has 0 bridgehead atoms. The number of benzene rings is 3. The third kappa shape index (κ3) is 24.8. The number of nitrogens with zero attached hydrogens (tertiary/aromatic N) is 21. The topological polar surface area (TPSA) is 315 Å². The van der Waals surface area contributed by atoms with Crippen molar-refractivity contribution in [2.24, 2.45) is 0 Å². The van der Waals surface area contributed by atoms with Crippen molar-refractivity contribution in [3.05, 3.63) is 131 Å². The van der Waals surface area contributed by atoms with Gasteiger partial charge in [0.05, 0.1) is 19.0 Å². The van der Waals surface area contributed by atoms with Crippen molar-refractivity contribution in [2.45, 2.75) is 67.0 Å². The molecule has 2 amide bonds. The number of fused-ring (bicyclic) bond motifs is 3. The van der Waals surface area contributed by atoms with Crippen LogP contribution in [0.15, 0.2) is 104 Å². The second kappa shape index (κ2) is 43.5. The highest BCUT2D eigenvalue weighted by atomic mass is 35.5. The molecule has 578 valence electrons. The van der Waals surface area contributed by atoms with E-state index in [1.807, 2.05) is 106 Å². The summed E-state index contributed by atoms with van der Waals surface area (Å²) in [6.07, 6.45) is 9.20. The number of hydrogen-bond acceptors (Lipinski definition) is 24. The van der Waals surface area contributed by atoms with Gasteiger partial charge in [-0.05, 0) is 121 Å². The molecule has 5 saturated heterocycles. The van der Waals surface area contributed by atoms with Crippen LogP contribution >= 0.6 is 34.8 Å². The molecule has 0 atom stereocenters.